The first-order chi connectivity index (χ1) is 15.7. The lowest BCUT2D eigenvalue weighted by molar-refractivity contribution is -0.133. The van der Waals surface area contributed by atoms with Crippen LogP contribution in [-0.4, -0.2) is 65.9 Å². The van der Waals surface area contributed by atoms with Crippen LogP contribution in [0.5, 0.6) is 0 Å². The second kappa shape index (κ2) is 11.1. The van der Waals surface area contributed by atoms with Crippen molar-refractivity contribution < 1.29 is 9.59 Å². The van der Waals surface area contributed by atoms with Gasteiger partial charge in [0.1, 0.15) is 5.82 Å². The smallest absolute Gasteiger partial charge is 0.222 e. The molecule has 0 N–H and O–H groups in total. The molecule has 6 nitrogen and oxygen atoms in total. The van der Waals surface area contributed by atoms with Crippen LogP contribution in [0, 0.1) is 5.92 Å². The van der Waals surface area contributed by atoms with Gasteiger partial charge in [-0.25, -0.2) is 4.98 Å². The van der Waals surface area contributed by atoms with Crippen molar-refractivity contribution in [3.8, 4) is 0 Å². The normalized spacial score (nSPS) is 19.1. The predicted molar refractivity (Wildman–Crippen MR) is 126 cm³/mol. The average Bonchev–Trinajstić information content (AvgIpc) is 2.87. The molecule has 1 aromatic heterocycles. The minimum Gasteiger partial charge on any atom is -0.353 e. The highest BCUT2D eigenvalue weighted by molar-refractivity contribution is 5.77. The van der Waals surface area contributed by atoms with Crippen molar-refractivity contribution in [2.24, 2.45) is 5.92 Å². The molecule has 6 heteroatoms. The maximum absolute atomic E-state index is 12.8. The highest BCUT2D eigenvalue weighted by Gasteiger charge is 2.26. The van der Waals surface area contributed by atoms with E-state index in [9.17, 15) is 9.59 Å². The Bertz CT molecular complexity index is 866. The zero-order valence-corrected chi connectivity index (χ0v) is 18.9. The molecule has 1 aromatic carbocycles. The minimum atomic E-state index is 0.246. The van der Waals surface area contributed by atoms with Gasteiger partial charge in [0.25, 0.3) is 0 Å². The van der Waals surface area contributed by atoms with Gasteiger partial charge in [-0.15, -0.1) is 0 Å². The molecule has 1 unspecified atom stereocenters. The number of likely N-dealkylation sites (tertiary alicyclic amines) is 1. The molecule has 1 atom stereocenters. The summed E-state index contributed by atoms with van der Waals surface area (Å²) in [5, 5.41) is 0. The summed E-state index contributed by atoms with van der Waals surface area (Å²) >= 11 is 0. The van der Waals surface area contributed by atoms with E-state index >= 15 is 0 Å². The molecule has 170 valence electrons. The fourth-order valence-corrected chi connectivity index (χ4v) is 4.79. The van der Waals surface area contributed by atoms with Gasteiger partial charge >= 0.3 is 0 Å². The Kier molecular flexibility index (Phi) is 7.75. The van der Waals surface area contributed by atoms with Crippen LogP contribution in [0.4, 0.5) is 5.82 Å². The summed E-state index contributed by atoms with van der Waals surface area (Å²) in [6.45, 7) is 4.82. The molecule has 0 aliphatic carbocycles. The Balaban J connectivity index is 1.17. The van der Waals surface area contributed by atoms with E-state index in [2.05, 4.69) is 22.0 Å². The Hall–Kier alpha value is -2.89. The number of hydrogen-bond acceptors (Lipinski definition) is 4. The van der Waals surface area contributed by atoms with Crippen LogP contribution in [0.1, 0.15) is 37.7 Å². The molecule has 2 amide bonds. The highest BCUT2D eigenvalue weighted by Crippen LogP contribution is 2.23. The molecule has 2 aliphatic rings. The highest BCUT2D eigenvalue weighted by atomic mass is 16.2. The van der Waals surface area contributed by atoms with Crippen molar-refractivity contribution in [1.29, 1.82) is 0 Å². The van der Waals surface area contributed by atoms with Crippen molar-refractivity contribution in [2.45, 2.75) is 38.5 Å². The van der Waals surface area contributed by atoms with Gasteiger partial charge in [-0.05, 0) is 49.3 Å². The van der Waals surface area contributed by atoms with Crippen molar-refractivity contribution in [3.05, 3.63) is 60.3 Å². The number of anilines is 1. The molecule has 2 aromatic rings. The van der Waals surface area contributed by atoms with Crippen LogP contribution < -0.4 is 4.90 Å². The number of hydrogen-bond donors (Lipinski definition) is 0. The first kappa shape index (κ1) is 22.3. The molecular weight excluding hydrogens is 400 g/mol. The maximum atomic E-state index is 12.8. The number of nitrogens with zero attached hydrogens (tertiary/aromatic N) is 4. The SMILES string of the molecule is O=C(CCC1CCCN(C(=O)CCc2ccccc2)C1)N1CCN(c2ccccn2)CC1. The van der Waals surface area contributed by atoms with Gasteiger partial charge in [0.05, 0.1) is 0 Å². The zero-order valence-electron chi connectivity index (χ0n) is 18.9. The number of carbonyl (C=O) groups is 2. The zero-order chi connectivity index (χ0) is 22.2. The summed E-state index contributed by atoms with van der Waals surface area (Å²) in [6, 6.07) is 16.1. The fourth-order valence-electron chi connectivity index (χ4n) is 4.79. The number of pyridine rings is 1. The van der Waals surface area contributed by atoms with E-state index in [0.29, 0.717) is 18.8 Å². The van der Waals surface area contributed by atoms with E-state index in [1.165, 1.54) is 5.56 Å². The standard InChI is InChI=1S/C26H34N4O2/c31-25(29-19-17-28(18-20-29)24-10-4-5-15-27-24)14-12-23-9-6-16-30(21-23)26(32)13-11-22-7-2-1-3-8-22/h1-5,7-8,10,15,23H,6,9,11-14,16-21H2. The third-order valence-corrected chi connectivity index (χ3v) is 6.71. The Morgan fingerprint density at radius 3 is 2.34 bits per heavy atom. The molecular formula is C26H34N4O2. The number of benzene rings is 1. The molecule has 2 saturated heterocycles. The molecule has 0 saturated carbocycles. The Morgan fingerprint density at radius 2 is 1.59 bits per heavy atom. The fraction of sp³-hybridized carbons (Fsp3) is 0.500. The first-order valence-corrected chi connectivity index (χ1v) is 11.9. The maximum Gasteiger partial charge on any atom is 0.222 e. The van der Waals surface area contributed by atoms with Crippen LogP contribution >= 0.6 is 0 Å². The second-order valence-electron chi connectivity index (χ2n) is 8.93. The second-order valence-corrected chi connectivity index (χ2v) is 8.93. The van der Waals surface area contributed by atoms with Gasteiger partial charge in [0.2, 0.25) is 11.8 Å². The molecule has 0 bridgehead atoms. The van der Waals surface area contributed by atoms with E-state index in [4.69, 9.17) is 0 Å². The van der Waals surface area contributed by atoms with E-state index in [-0.39, 0.29) is 11.8 Å². The summed E-state index contributed by atoms with van der Waals surface area (Å²) in [5.41, 5.74) is 1.21. The molecule has 3 heterocycles. The van der Waals surface area contributed by atoms with E-state index in [1.54, 1.807) is 0 Å². The summed E-state index contributed by atoms with van der Waals surface area (Å²) in [4.78, 5) is 36.1. The summed E-state index contributed by atoms with van der Waals surface area (Å²) < 4.78 is 0. The van der Waals surface area contributed by atoms with E-state index in [0.717, 1.165) is 70.8 Å². The number of amides is 2. The van der Waals surface area contributed by atoms with E-state index in [1.807, 2.05) is 52.4 Å². The number of piperazine rings is 1. The monoisotopic (exact) mass is 434 g/mol. The van der Waals surface area contributed by atoms with Crippen molar-refractivity contribution in [3.63, 3.8) is 0 Å². The number of carbonyl (C=O) groups excluding carboxylic acids is 2. The number of rotatable bonds is 7. The Labute approximate surface area is 191 Å². The van der Waals surface area contributed by atoms with Gasteiger partial charge in [-0.2, -0.15) is 0 Å². The van der Waals surface area contributed by atoms with Gasteiger partial charge < -0.3 is 14.7 Å². The lowest BCUT2D eigenvalue weighted by Gasteiger charge is -2.36. The first-order valence-electron chi connectivity index (χ1n) is 11.9. The van der Waals surface area contributed by atoms with Crippen molar-refractivity contribution in [2.75, 3.05) is 44.2 Å². The number of aryl methyl sites for hydroxylation is 1. The van der Waals surface area contributed by atoms with Crippen LogP contribution in [0.15, 0.2) is 54.7 Å². The summed E-state index contributed by atoms with van der Waals surface area (Å²) in [6.07, 6.45) is 6.79. The third-order valence-electron chi connectivity index (χ3n) is 6.71. The van der Waals surface area contributed by atoms with Crippen LogP contribution in [0.3, 0.4) is 0 Å². The van der Waals surface area contributed by atoms with E-state index < -0.39 is 0 Å². The quantitative estimate of drug-likeness (QED) is 0.670. The molecule has 0 spiro atoms. The lowest BCUT2D eigenvalue weighted by atomic mass is 9.92. The molecule has 4 rings (SSSR count). The van der Waals surface area contributed by atoms with Crippen LogP contribution in [-0.2, 0) is 16.0 Å². The van der Waals surface area contributed by atoms with Crippen molar-refractivity contribution >= 4 is 17.6 Å². The third kappa shape index (κ3) is 6.09. The molecule has 0 radical (unpaired) electrons. The minimum absolute atomic E-state index is 0.246. The largest absolute Gasteiger partial charge is 0.353 e. The van der Waals surface area contributed by atoms with Gasteiger partial charge in [-0.3, -0.25) is 9.59 Å². The van der Waals surface area contributed by atoms with Gasteiger partial charge in [0.15, 0.2) is 0 Å². The van der Waals surface area contributed by atoms with Gasteiger partial charge in [0, 0.05) is 58.3 Å². The van der Waals surface area contributed by atoms with Crippen LogP contribution in [0.25, 0.3) is 0 Å². The van der Waals surface area contributed by atoms with Crippen LogP contribution in [0.2, 0.25) is 0 Å². The number of aromatic nitrogens is 1. The summed E-state index contributed by atoms with van der Waals surface area (Å²) in [7, 11) is 0. The predicted octanol–water partition coefficient (Wildman–Crippen LogP) is 3.38. The number of piperidine rings is 1. The summed E-state index contributed by atoms with van der Waals surface area (Å²) in [5.74, 6) is 1.91. The topological polar surface area (TPSA) is 56.8 Å². The lowest BCUT2D eigenvalue weighted by Crippen LogP contribution is -2.49. The average molecular weight is 435 g/mol. The Morgan fingerprint density at radius 1 is 0.844 bits per heavy atom. The molecule has 32 heavy (non-hydrogen) atoms. The van der Waals surface area contributed by atoms with Gasteiger partial charge in [-0.1, -0.05) is 36.4 Å². The van der Waals surface area contributed by atoms with Crippen molar-refractivity contribution in [1.82, 2.24) is 14.8 Å². The molecule has 2 fully saturated rings. The molecule has 2 aliphatic heterocycles.